The van der Waals surface area contributed by atoms with Gasteiger partial charge in [0.05, 0.1) is 0 Å². The first kappa shape index (κ1) is 12.6. The number of hydrogen-bond donors (Lipinski definition) is 0. The van der Waals surface area contributed by atoms with Gasteiger partial charge in [-0.25, -0.2) is 0 Å². The minimum absolute atomic E-state index is 0.0173. The van der Waals surface area contributed by atoms with E-state index in [2.05, 4.69) is 0 Å². The molecular weight excluding hydrogens is 226 g/mol. The highest BCUT2D eigenvalue weighted by molar-refractivity contribution is 5.98. The first-order valence-electron chi connectivity index (χ1n) is 6.22. The molecule has 0 aromatic heterocycles. The fraction of sp³-hybridized carbons (Fsp3) is 0.333. The molecule has 94 valence electrons. The number of rotatable bonds is 2. The van der Waals surface area contributed by atoms with Gasteiger partial charge >= 0.3 is 0 Å². The van der Waals surface area contributed by atoms with Crippen molar-refractivity contribution in [2.45, 2.75) is 32.7 Å². The van der Waals surface area contributed by atoms with E-state index in [4.69, 9.17) is 0 Å². The molecule has 0 saturated heterocycles. The molecule has 1 aromatic carbocycles. The Morgan fingerprint density at radius 3 is 2.61 bits per heavy atom. The Hall–Kier alpha value is -1.90. The summed E-state index contributed by atoms with van der Waals surface area (Å²) < 4.78 is 0. The van der Waals surface area contributed by atoms with Gasteiger partial charge in [0.25, 0.3) is 5.91 Å². The molecule has 1 aromatic rings. The third-order valence-corrected chi connectivity index (χ3v) is 3.26. The molecule has 3 heteroatoms. The zero-order valence-electron chi connectivity index (χ0n) is 10.7. The van der Waals surface area contributed by atoms with Crippen molar-refractivity contribution in [3.63, 3.8) is 0 Å². The number of hydrogen-bond acceptors (Lipinski definition) is 2. The van der Waals surface area contributed by atoms with E-state index in [-0.39, 0.29) is 17.7 Å². The third kappa shape index (κ3) is 2.50. The highest BCUT2D eigenvalue weighted by atomic mass is 16.2. The van der Waals surface area contributed by atoms with Gasteiger partial charge in [0, 0.05) is 24.2 Å². The second-order valence-electron chi connectivity index (χ2n) is 4.63. The zero-order chi connectivity index (χ0) is 13.1. The molecule has 1 aliphatic rings. The van der Waals surface area contributed by atoms with Crippen LogP contribution in [0.4, 0.5) is 0 Å². The average molecular weight is 243 g/mol. The van der Waals surface area contributed by atoms with Gasteiger partial charge in [-0.1, -0.05) is 24.6 Å². The molecule has 1 atom stereocenters. The van der Waals surface area contributed by atoms with Crippen LogP contribution in [0, 0.1) is 6.92 Å². The van der Waals surface area contributed by atoms with Crippen molar-refractivity contribution in [3.05, 3.63) is 47.7 Å². The number of aryl methyl sites for hydroxylation is 1. The summed E-state index contributed by atoms with van der Waals surface area (Å²) in [5, 5.41) is 0. The first-order chi connectivity index (χ1) is 8.61. The van der Waals surface area contributed by atoms with Crippen LogP contribution in [0.1, 0.15) is 35.7 Å². The summed E-state index contributed by atoms with van der Waals surface area (Å²) in [6, 6.07) is 7.49. The highest BCUT2D eigenvalue weighted by Crippen LogP contribution is 2.19. The van der Waals surface area contributed by atoms with E-state index in [1.165, 1.54) is 6.08 Å². The number of allylic oxidation sites excluding steroid dienone is 1. The fourth-order valence-corrected chi connectivity index (χ4v) is 2.10. The first-order valence-corrected chi connectivity index (χ1v) is 6.22. The largest absolute Gasteiger partial charge is 0.311 e. The molecule has 2 rings (SSSR count). The molecule has 0 aliphatic carbocycles. The Kier molecular flexibility index (Phi) is 3.60. The molecular formula is C15H17NO2. The van der Waals surface area contributed by atoms with Crippen LogP contribution >= 0.6 is 0 Å². The van der Waals surface area contributed by atoms with Gasteiger partial charge in [0.2, 0.25) is 0 Å². The molecule has 1 amide bonds. The lowest BCUT2D eigenvalue weighted by atomic mass is 10.0. The summed E-state index contributed by atoms with van der Waals surface area (Å²) in [5.74, 6) is 0.0559. The van der Waals surface area contributed by atoms with Gasteiger partial charge in [-0.2, -0.15) is 0 Å². The van der Waals surface area contributed by atoms with Gasteiger partial charge in [0.15, 0.2) is 5.78 Å². The van der Waals surface area contributed by atoms with E-state index in [0.29, 0.717) is 12.0 Å². The Bertz CT molecular complexity index is 488. The normalized spacial score (nSPS) is 19.1. The molecule has 0 radical (unpaired) electrons. The van der Waals surface area contributed by atoms with Crippen molar-refractivity contribution >= 4 is 11.7 Å². The second kappa shape index (κ2) is 5.17. The van der Waals surface area contributed by atoms with Crippen molar-refractivity contribution in [2.75, 3.05) is 0 Å². The summed E-state index contributed by atoms with van der Waals surface area (Å²) in [5.41, 5.74) is 1.79. The summed E-state index contributed by atoms with van der Waals surface area (Å²) in [6.45, 7) is 3.98. The highest BCUT2D eigenvalue weighted by Gasteiger charge is 2.26. The van der Waals surface area contributed by atoms with E-state index in [1.807, 2.05) is 38.1 Å². The van der Waals surface area contributed by atoms with Gasteiger partial charge in [-0.15, -0.1) is 0 Å². The van der Waals surface area contributed by atoms with E-state index in [0.717, 1.165) is 12.0 Å². The van der Waals surface area contributed by atoms with E-state index in [1.54, 1.807) is 11.1 Å². The number of benzene rings is 1. The van der Waals surface area contributed by atoms with Crippen molar-refractivity contribution in [2.24, 2.45) is 0 Å². The molecule has 3 nitrogen and oxygen atoms in total. The maximum Gasteiger partial charge on any atom is 0.258 e. The molecule has 1 unspecified atom stereocenters. The fourth-order valence-electron chi connectivity index (χ4n) is 2.10. The number of ketones is 1. The lowest BCUT2D eigenvalue weighted by molar-refractivity contribution is -0.116. The quantitative estimate of drug-likeness (QED) is 0.801. The predicted octanol–water partition coefficient (Wildman–Crippen LogP) is 2.70. The van der Waals surface area contributed by atoms with Crippen LogP contribution in [0.3, 0.4) is 0 Å². The van der Waals surface area contributed by atoms with Crippen molar-refractivity contribution < 1.29 is 9.59 Å². The molecule has 1 heterocycles. The lowest BCUT2D eigenvalue weighted by Gasteiger charge is -2.30. The maximum absolute atomic E-state index is 12.4. The monoisotopic (exact) mass is 243 g/mol. The Morgan fingerprint density at radius 2 is 2.00 bits per heavy atom. The van der Waals surface area contributed by atoms with Crippen LogP contribution < -0.4 is 0 Å². The smallest absolute Gasteiger partial charge is 0.258 e. The Labute approximate surface area is 107 Å². The standard InChI is InChI=1S/C15H17NO2/c1-3-13-10-14(17)8-9-16(13)15(18)12-6-4-11(2)5-7-12/h4-9,13H,3,10H2,1-2H3. The molecule has 0 fully saturated rings. The minimum atomic E-state index is -0.0365. The summed E-state index contributed by atoms with van der Waals surface area (Å²) in [4.78, 5) is 25.4. The molecule has 0 spiro atoms. The molecule has 1 aliphatic heterocycles. The van der Waals surface area contributed by atoms with E-state index >= 15 is 0 Å². The molecule has 0 saturated carbocycles. The average Bonchev–Trinajstić information content (AvgIpc) is 2.38. The maximum atomic E-state index is 12.4. The van der Waals surface area contributed by atoms with Gasteiger partial charge in [-0.05, 0) is 31.6 Å². The van der Waals surface area contributed by atoms with Crippen LogP contribution in [0.2, 0.25) is 0 Å². The molecule has 18 heavy (non-hydrogen) atoms. The number of carbonyl (C=O) groups excluding carboxylic acids is 2. The lowest BCUT2D eigenvalue weighted by Crippen LogP contribution is -2.39. The summed E-state index contributed by atoms with van der Waals surface area (Å²) >= 11 is 0. The molecule has 0 N–H and O–H groups in total. The van der Waals surface area contributed by atoms with Crippen molar-refractivity contribution in [3.8, 4) is 0 Å². The zero-order valence-corrected chi connectivity index (χ0v) is 10.7. The topological polar surface area (TPSA) is 37.4 Å². The van der Waals surface area contributed by atoms with Crippen LogP contribution in [0.5, 0.6) is 0 Å². The van der Waals surface area contributed by atoms with Gasteiger partial charge < -0.3 is 4.90 Å². The van der Waals surface area contributed by atoms with Crippen LogP contribution in [0.25, 0.3) is 0 Å². The third-order valence-electron chi connectivity index (χ3n) is 3.26. The Morgan fingerprint density at radius 1 is 1.33 bits per heavy atom. The number of amides is 1. The number of carbonyl (C=O) groups is 2. The second-order valence-corrected chi connectivity index (χ2v) is 4.63. The summed E-state index contributed by atoms with van der Waals surface area (Å²) in [7, 11) is 0. The molecule has 0 bridgehead atoms. The van der Waals surface area contributed by atoms with Crippen molar-refractivity contribution in [1.29, 1.82) is 0 Å². The summed E-state index contributed by atoms with van der Waals surface area (Å²) in [6.07, 6.45) is 4.30. The van der Waals surface area contributed by atoms with Crippen LogP contribution in [0.15, 0.2) is 36.5 Å². The predicted molar refractivity (Wildman–Crippen MR) is 70.2 cm³/mol. The SMILES string of the molecule is CCC1CC(=O)C=CN1C(=O)c1ccc(C)cc1. The van der Waals surface area contributed by atoms with E-state index in [9.17, 15) is 9.59 Å². The number of nitrogens with zero attached hydrogens (tertiary/aromatic N) is 1. The van der Waals surface area contributed by atoms with Crippen molar-refractivity contribution in [1.82, 2.24) is 4.90 Å². The van der Waals surface area contributed by atoms with Gasteiger partial charge in [-0.3, -0.25) is 9.59 Å². The minimum Gasteiger partial charge on any atom is -0.311 e. The van der Waals surface area contributed by atoms with E-state index < -0.39 is 0 Å². The van der Waals surface area contributed by atoms with Gasteiger partial charge in [0.1, 0.15) is 0 Å². The Balaban J connectivity index is 2.24. The van der Waals surface area contributed by atoms with Crippen LogP contribution in [-0.4, -0.2) is 22.6 Å². The van der Waals surface area contributed by atoms with Crippen LogP contribution in [-0.2, 0) is 4.79 Å².